The van der Waals surface area contributed by atoms with E-state index in [1.165, 1.54) is 19.1 Å². The fourth-order valence-corrected chi connectivity index (χ4v) is 2.47. The Kier molecular flexibility index (Phi) is 4.71. The third-order valence-corrected chi connectivity index (χ3v) is 3.71. The van der Waals surface area contributed by atoms with Gasteiger partial charge in [0.1, 0.15) is 11.6 Å². The van der Waals surface area contributed by atoms with Gasteiger partial charge in [0.15, 0.2) is 12.4 Å². The zero-order valence-electron chi connectivity index (χ0n) is 12.6. The summed E-state index contributed by atoms with van der Waals surface area (Å²) in [5.41, 5.74) is 0.803. The van der Waals surface area contributed by atoms with E-state index in [0.717, 1.165) is 16.1 Å². The molecule has 0 radical (unpaired) electrons. The molecule has 0 atom stereocenters. The molecule has 24 heavy (non-hydrogen) atoms. The van der Waals surface area contributed by atoms with Gasteiger partial charge in [0.25, 0.3) is 5.89 Å². The largest absolute Gasteiger partial charge is 0.484 e. The van der Waals surface area contributed by atoms with Crippen LogP contribution in [0.1, 0.15) is 23.2 Å². The van der Waals surface area contributed by atoms with Crippen LogP contribution in [-0.2, 0) is 6.61 Å². The average molecular weight is 391 g/mol. The summed E-state index contributed by atoms with van der Waals surface area (Å²) < 4.78 is 25.6. The van der Waals surface area contributed by atoms with Gasteiger partial charge in [0.05, 0.1) is 5.56 Å². The van der Waals surface area contributed by atoms with E-state index in [1.807, 2.05) is 24.3 Å². The van der Waals surface area contributed by atoms with Crippen LogP contribution in [0.25, 0.3) is 11.5 Å². The maximum Gasteiger partial charge on any atom is 0.254 e. The molecule has 0 N–H and O–H groups in total. The molecule has 0 saturated heterocycles. The smallest absolute Gasteiger partial charge is 0.254 e. The monoisotopic (exact) mass is 390 g/mol. The van der Waals surface area contributed by atoms with E-state index in [4.69, 9.17) is 9.15 Å². The minimum Gasteiger partial charge on any atom is -0.484 e. The summed E-state index contributed by atoms with van der Waals surface area (Å²) >= 11 is 3.38. The van der Waals surface area contributed by atoms with Crippen molar-refractivity contribution in [1.82, 2.24) is 10.2 Å². The highest BCUT2D eigenvalue weighted by molar-refractivity contribution is 9.10. The summed E-state index contributed by atoms with van der Waals surface area (Å²) in [6.07, 6.45) is 0. The third kappa shape index (κ3) is 3.68. The highest BCUT2D eigenvalue weighted by atomic mass is 79.9. The standard InChI is InChI=1S/C17H12BrFN2O3/c1-10(22)14-6-5-13(8-15(14)19)23-9-16-20-21-17(24-16)11-3-2-4-12(18)7-11/h2-8H,9H2,1H3. The van der Waals surface area contributed by atoms with Crippen LogP contribution in [0.3, 0.4) is 0 Å². The van der Waals surface area contributed by atoms with Crippen molar-refractivity contribution in [2.45, 2.75) is 13.5 Å². The summed E-state index contributed by atoms with van der Waals surface area (Å²) in [7, 11) is 0. The predicted octanol–water partition coefficient (Wildman–Crippen LogP) is 4.42. The van der Waals surface area contributed by atoms with Gasteiger partial charge in [-0.25, -0.2) is 4.39 Å². The molecule has 2 aromatic carbocycles. The van der Waals surface area contributed by atoms with Crippen LogP contribution in [0.15, 0.2) is 51.4 Å². The SMILES string of the molecule is CC(=O)c1ccc(OCc2nnc(-c3cccc(Br)c3)o2)cc1F. The number of aromatic nitrogens is 2. The molecule has 5 nitrogen and oxygen atoms in total. The minimum atomic E-state index is -0.625. The number of benzene rings is 2. The van der Waals surface area contributed by atoms with Gasteiger partial charge in [-0.05, 0) is 37.3 Å². The molecule has 0 bridgehead atoms. The Morgan fingerprint density at radius 2 is 2.08 bits per heavy atom. The van der Waals surface area contributed by atoms with Crippen molar-refractivity contribution in [3.05, 3.63) is 64.2 Å². The molecule has 3 aromatic rings. The zero-order valence-corrected chi connectivity index (χ0v) is 14.2. The quantitative estimate of drug-likeness (QED) is 0.603. The molecule has 0 fully saturated rings. The highest BCUT2D eigenvalue weighted by Gasteiger charge is 2.11. The molecular weight excluding hydrogens is 379 g/mol. The molecule has 1 aromatic heterocycles. The van der Waals surface area contributed by atoms with Crippen molar-refractivity contribution in [3.8, 4) is 17.2 Å². The summed E-state index contributed by atoms with van der Waals surface area (Å²) in [5, 5.41) is 7.86. The first-order valence-electron chi connectivity index (χ1n) is 7.04. The first kappa shape index (κ1) is 16.3. The number of carbonyl (C=O) groups is 1. The normalized spacial score (nSPS) is 10.6. The summed E-state index contributed by atoms with van der Waals surface area (Å²) in [4.78, 5) is 11.2. The van der Waals surface area contributed by atoms with Crippen molar-refractivity contribution in [2.75, 3.05) is 0 Å². The lowest BCUT2D eigenvalue weighted by molar-refractivity contribution is 0.101. The van der Waals surface area contributed by atoms with Crippen LogP contribution in [-0.4, -0.2) is 16.0 Å². The molecule has 0 aliphatic rings. The number of nitrogens with zero attached hydrogens (tertiary/aromatic N) is 2. The Morgan fingerprint density at radius 1 is 1.25 bits per heavy atom. The molecule has 122 valence electrons. The highest BCUT2D eigenvalue weighted by Crippen LogP contribution is 2.23. The van der Waals surface area contributed by atoms with Gasteiger partial charge in [0.2, 0.25) is 5.89 Å². The van der Waals surface area contributed by atoms with Crippen LogP contribution in [0, 0.1) is 5.82 Å². The summed E-state index contributed by atoms with van der Waals surface area (Å²) in [5.74, 6) is -0.0521. The van der Waals surface area contributed by atoms with Crippen molar-refractivity contribution >= 4 is 21.7 Å². The average Bonchev–Trinajstić information content (AvgIpc) is 3.01. The number of halogens is 2. The van der Waals surface area contributed by atoms with Crippen LogP contribution in [0.5, 0.6) is 5.75 Å². The lowest BCUT2D eigenvalue weighted by Gasteiger charge is -2.05. The van der Waals surface area contributed by atoms with Gasteiger partial charge in [-0.2, -0.15) is 0 Å². The molecule has 0 amide bonds. The second kappa shape index (κ2) is 6.92. The number of Topliss-reactive ketones (excluding diaryl/α,β-unsaturated/α-hetero) is 1. The van der Waals surface area contributed by atoms with Crippen LogP contribution in [0.4, 0.5) is 4.39 Å². The number of ketones is 1. The fraction of sp³-hybridized carbons (Fsp3) is 0.118. The zero-order chi connectivity index (χ0) is 17.1. The lowest BCUT2D eigenvalue weighted by atomic mass is 10.1. The second-order valence-electron chi connectivity index (χ2n) is 5.00. The Hall–Kier alpha value is -2.54. The molecule has 3 rings (SSSR count). The Morgan fingerprint density at radius 3 is 2.79 bits per heavy atom. The first-order valence-corrected chi connectivity index (χ1v) is 7.84. The first-order chi connectivity index (χ1) is 11.5. The van der Waals surface area contributed by atoms with Crippen molar-refractivity contribution in [1.29, 1.82) is 0 Å². The van der Waals surface area contributed by atoms with Gasteiger partial charge in [-0.1, -0.05) is 22.0 Å². The number of carbonyl (C=O) groups excluding carboxylic acids is 1. The molecule has 0 unspecified atom stereocenters. The molecule has 1 heterocycles. The van der Waals surface area contributed by atoms with Gasteiger partial charge >= 0.3 is 0 Å². The van der Waals surface area contributed by atoms with Crippen molar-refractivity contribution < 1.29 is 18.3 Å². The van der Waals surface area contributed by atoms with Gasteiger partial charge in [0, 0.05) is 16.1 Å². The Labute approximate surface area is 145 Å². The molecule has 0 aliphatic carbocycles. The predicted molar refractivity (Wildman–Crippen MR) is 88.2 cm³/mol. The van der Waals surface area contributed by atoms with E-state index in [0.29, 0.717) is 5.89 Å². The molecular formula is C17H12BrFN2O3. The van der Waals surface area contributed by atoms with E-state index in [2.05, 4.69) is 26.1 Å². The molecule has 7 heteroatoms. The Balaban J connectivity index is 1.70. The topological polar surface area (TPSA) is 65.2 Å². The maximum atomic E-state index is 13.7. The van der Waals surface area contributed by atoms with Gasteiger partial charge in [-0.3, -0.25) is 4.79 Å². The van der Waals surface area contributed by atoms with E-state index in [9.17, 15) is 9.18 Å². The fourth-order valence-electron chi connectivity index (χ4n) is 2.07. The van der Waals surface area contributed by atoms with Crippen LogP contribution in [0.2, 0.25) is 0 Å². The molecule has 0 spiro atoms. The number of ether oxygens (including phenoxy) is 1. The van der Waals surface area contributed by atoms with E-state index < -0.39 is 5.82 Å². The summed E-state index contributed by atoms with van der Waals surface area (Å²) in [6.45, 7) is 1.31. The van der Waals surface area contributed by atoms with Crippen molar-refractivity contribution in [2.24, 2.45) is 0 Å². The number of hydrogen-bond donors (Lipinski definition) is 0. The van der Waals surface area contributed by atoms with Gasteiger partial charge in [-0.15, -0.1) is 10.2 Å². The maximum absolute atomic E-state index is 13.7. The van der Waals surface area contributed by atoms with Crippen molar-refractivity contribution in [3.63, 3.8) is 0 Å². The van der Waals surface area contributed by atoms with E-state index >= 15 is 0 Å². The lowest BCUT2D eigenvalue weighted by Crippen LogP contribution is -2.00. The summed E-state index contributed by atoms with van der Waals surface area (Å²) in [6, 6.07) is 11.5. The minimum absolute atomic E-state index is 0.000138. The van der Waals surface area contributed by atoms with Crippen LogP contribution >= 0.6 is 15.9 Å². The van der Waals surface area contributed by atoms with Crippen LogP contribution < -0.4 is 4.74 Å². The molecule has 0 aliphatic heterocycles. The Bertz CT molecular complexity index is 895. The van der Waals surface area contributed by atoms with Gasteiger partial charge < -0.3 is 9.15 Å². The second-order valence-corrected chi connectivity index (χ2v) is 5.91. The van der Waals surface area contributed by atoms with E-state index in [1.54, 1.807) is 0 Å². The number of rotatable bonds is 5. The number of hydrogen-bond acceptors (Lipinski definition) is 5. The molecule has 0 saturated carbocycles. The van der Waals surface area contributed by atoms with E-state index in [-0.39, 0.29) is 29.6 Å². The third-order valence-electron chi connectivity index (χ3n) is 3.22.